The molecular formula is C7H14N2O2. The van der Waals surface area contributed by atoms with E-state index in [1.54, 1.807) is 0 Å². The van der Waals surface area contributed by atoms with Crippen LogP contribution >= 0.6 is 0 Å². The number of unbranched alkanes of at least 4 members (excludes halogenated alkanes) is 1. The Morgan fingerprint density at radius 1 is 1.82 bits per heavy atom. The quantitative estimate of drug-likeness (QED) is 0.656. The summed E-state index contributed by atoms with van der Waals surface area (Å²) in [5.74, 6) is 0. The molecule has 0 fully saturated rings. The minimum atomic E-state index is -0.478. The van der Waals surface area contributed by atoms with Gasteiger partial charge in [-0.05, 0) is 12.8 Å². The van der Waals surface area contributed by atoms with E-state index in [1.165, 1.54) is 11.4 Å². The van der Waals surface area contributed by atoms with E-state index in [1.807, 2.05) is 0 Å². The highest BCUT2D eigenvalue weighted by Gasteiger charge is 2.15. The first-order valence-corrected chi connectivity index (χ1v) is 3.93. The van der Waals surface area contributed by atoms with Crippen molar-refractivity contribution in [1.29, 1.82) is 0 Å². The van der Waals surface area contributed by atoms with Gasteiger partial charge >= 0.3 is 0 Å². The number of rotatable bonds is 4. The van der Waals surface area contributed by atoms with Crippen LogP contribution in [0, 0.1) is 0 Å². The van der Waals surface area contributed by atoms with Gasteiger partial charge < -0.3 is 9.84 Å². The van der Waals surface area contributed by atoms with Crippen molar-refractivity contribution in [2.45, 2.75) is 32.4 Å². The van der Waals surface area contributed by atoms with Gasteiger partial charge in [-0.25, -0.2) is 5.01 Å². The van der Waals surface area contributed by atoms with Crippen LogP contribution in [0.15, 0.2) is 5.10 Å². The second kappa shape index (κ2) is 4.18. The monoisotopic (exact) mass is 158 g/mol. The molecule has 0 saturated heterocycles. The SMILES string of the molecule is CCCCC(O)N1COC=N1. The van der Waals surface area contributed by atoms with Crippen LogP contribution < -0.4 is 0 Å². The van der Waals surface area contributed by atoms with Crippen LogP contribution in [0.25, 0.3) is 0 Å². The largest absolute Gasteiger partial charge is 0.459 e. The molecule has 0 aromatic carbocycles. The van der Waals surface area contributed by atoms with Gasteiger partial charge in [0, 0.05) is 0 Å². The Morgan fingerprint density at radius 2 is 2.64 bits per heavy atom. The predicted molar refractivity (Wildman–Crippen MR) is 41.8 cm³/mol. The summed E-state index contributed by atoms with van der Waals surface area (Å²) in [6.45, 7) is 2.47. The van der Waals surface area contributed by atoms with Crippen molar-refractivity contribution in [3.8, 4) is 0 Å². The molecule has 1 rings (SSSR count). The smallest absolute Gasteiger partial charge is 0.195 e. The summed E-state index contributed by atoms with van der Waals surface area (Å²) in [7, 11) is 0. The van der Waals surface area contributed by atoms with E-state index in [2.05, 4.69) is 12.0 Å². The molecule has 0 aromatic rings. The van der Waals surface area contributed by atoms with E-state index in [9.17, 15) is 5.11 Å². The van der Waals surface area contributed by atoms with Crippen molar-refractivity contribution in [3.05, 3.63) is 0 Å². The average Bonchev–Trinajstić information content (AvgIpc) is 2.52. The van der Waals surface area contributed by atoms with Crippen LogP contribution in [0.2, 0.25) is 0 Å². The number of aliphatic hydroxyl groups is 1. The number of hydrogen-bond acceptors (Lipinski definition) is 4. The molecule has 0 spiro atoms. The van der Waals surface area contributed by atoms with Crippen LogP contribution in [0.3, 0.4) is 0 Å². The van der Waals surface area contributed by atoms with Crippen molar-refractivity contribution in [3.63, 3.8) is 0 Å². The first kappa shape index (κ1) is 8.33. The first-order chi connectivity index (χ1) is 5.34. The van der Waals surface area contributed by atoms with Gasteiger partial charge in [-0.1, -0.05) is 13.3 Å². The number of nitrogens with zero attached hydrogens (tertiary/aromatic N) is 2. The van der Waals surface area contributed by atoms with Gasteiger partial charge in [0.1, 0.15) is 6.23 Å². The lowest BCUT2D eigenvalue weighted by Gasteiger charge is -2.18. The fourth-order valence-corrected chi connectivity index (χ4v) is 0.936. The van der Waals surface area contributed by atoms with Gasteiger partial charge in [0.15, 0.2) is 13.1 Å². The van der Waals surface area contributed by atoms with Gasteiger partial charge in [0.05, 0.1) is 0 Å². The summed E-state index contributed by atoms with van der Waals surface area (Å²) in [6, 6.07) is 0. The standard InChI is InChI=1S/C7H14N2O2/c1-2-3-4-7(10)9-6-11-5-8-9/h5,7,10H,2-4,6H2,1H3. The van der Waals surface area contributed by atoms with Crippen LogP contribution in [0.4, 0.5) is 0 Å². The molecular weight excluding hydrogens is 144 g/mol. The third-order valence-electron chi connectivity index (χ3n) is 1.64. The molecule has 11 heavy (non-hydrogen) atoms. The molecule has 1 aliphatic rings. The van der Waals surface area contributed by atoms with E-state index in [4.69, 9.17) is 4.74 Å². The topological polar surface area (TPSA) is 45.1 Å². The molecule has 0 bridgehead atoms. The number of aliphatic hydroxyl groups excluding tert-OH is 1. The second-order valence-corrected chi connectivity index (χ2v) is 2.58. The Balaban J connectivity index is 2.17. The number of hydrogen-bond donors (Lipinski definition) is 1. The van der Waals surface area contributed by atoms with Gasteiger partial charge in [0.2, 0.25) is 0 Å². The summed E-state index contributed by atoms with van der Waals surface area (Å²) in [6.07, 6.45) is 3.75. The lowest BCUT2D eigenvalue weighted by molar-refractivity contribution is -0.0254. The van der Waals surface area contributed by atoms with Crippen molar-refractivity contribution in [2.75, 3.05) is 6.73 Å². The molecule has 1 heterocycles. The van der Waals surface area contributed by atoms with E-state index in [0.29, 0.717) is 6.73 Å². The van der Waals surface area contributed by atoms with Gasteiger partial charge in [-0.3, -0.25) is 0 Å². The molecule has 1 atom stereocenters. The molecule has 0 radical (unpaired) electrons. The molecule has 0 aliphatic carbocycles. The maximum atomic E-state index is 9.41. The Kier molecular flexibility index (Phi) is 3.16. The lowest BCUT2D eigenvalue weighted by Crippen LogP contribution is -2.28. The fraction of sp³-hybridized carbons (Fsp3) is 0.857. The Hall–Kier alpha value is -0.770. The van der Waals surface area contributed by atoms with Crippen LogP contribution in [0.1, 0.15) is 26.2 Å². The highest BCUT2D eigenvalue weighted by atomic mass is 16.5. The summed E-state index contributed by atoms with van der Waals surface area (Å²) < 4.78 is 4.83. The van der Waals surface area contributed by atoms with Crippen molar-refractivity contribution in [1.82, 2.24) is 5.01 Å². The van der Waals surface area contributed by atoms with Crippen LogP contribution in [-0.4, -0.2) is 29.5 Å². The van der Waals surface area contributed by atoms with Crippen molar-refractivity contribution < 1.29 is 9.84 Å². The predicted octanol–water partition coefficient (Wildman–Crippen LogP) is 0.728. The molecule has 0 saturated carbocycles. The zero-order chi connectivity index (χ0) is 8.10. The van der Waals surface area contributed by atoms with E-state index >= 15 is 0 Å². The summed E-state index contributed by atoms with van der Waals surface area (Å²) in [4.78, 5) is 0. The third kappa shape index (κ3) is 2.38. The molecule has 0 aromatic heterocycles. The molecule has 1 N–H and O–H groups in total. The number of ether oxygens (including phenoxy) is 1. The zero-order valence-electron chi connectivity index (χ0n) is 6.73. The summed E-state index contributed by atoms with van der Waals surface area (Å²) in [5, 5.41) is 14.8. The van der Waals surface area contributed by atoms with Crippen molar-refractivity contribution >= 4 is 6.40 Å². The lowest BCUT2D eigenvalue weighted by atomic mass is 10.2. The molecule has 4 heteroatoms. The zero-order valence-corrected chi connectivity index (χ0v) is 6.73. The highest BCUT2D eigenvalue weighted by molar-refractivity contribution is 5.47. The Bertz CT molecular complexity index is 138. The third-order valence-corrected chi connectivity index (χ3v) is 1.64. The molecule has 0 amide bonds. The van der Waals surface area contributed by atoms with Gasteiger partial charge in [-0.2, -0.15) is 0 Å². The minimum absolute atomic E-state index is 0.380. The highest BCUT2D eigenvalue weighted by Crippen LogP contribution is 2.08. The number of hydrazone groups is 1. The fourth-order valence-electron chi connectivity index (χ4n) is 0.936. The van der Waals surface area contributed by atoms with Crippen molar-refractivity contribution in [2.24, 2.45) is 5.10 Å². The average molecular weight is 158 g/mol. The maximum Gasteiger partial charge on any atom is 0.195 e. The normalized spacial score (nSPS) is 18.5. The molecule has 1 unspecified atom stereocenters. The Morgan fingerprint density at radius 3 is 3.18 bits per heavy atom. The van der Waals surface area contributed by atoms with E-state index < -0.39 is 6.23 Å². The first-order valence-electron chi connectivity index (χ1n) is 3.93. The van der Waals surface area contributed by atoms with E-state index in [-0.39, 0.29) is 0 Å². The van der Waals surface area contributed by atoms with E-state index in [0.717, 1.165) is 19.3 Å². The van der Waals surface area contributed by atoms with Crippen LogP contribution in [-0.2, 0) is 4.74 Å². The van der Waals surface area contributed by atoms with Gasteiger partial charge in [-0.15, -0.1) is 5.10 Å². The second-order valence-electron chi connectivity index (χ2n) is 2.58. The Labute approximate surface area is 66.5 Å². The molecule has 1 aliphatic heterocycles. The maximum absolute atomic E-state index is 9.41. The minimum Gasteiger partial charge on any atom is -0.459 e. The molecule has 64 valence electrons. The molecule has 4 nitrogen and oxygen atoms in total. The van der Waals surface area contributed by atoms with Gasteiger partial charge in [0.25, 0.3) is 0 Å². The summed E-state index contributed by atoms with van der Waals surface area (Å²) >= 11 is 0. The van der Waals surface area contributed by atoms with Crippen LogP contribution in [0.5, 0.6) is 0 Å². The summed E-state index contributed by atoms with van der Waals surface area (Å²) in [5.41, 5.74) is 0.